The van der Waals surface area contributed by atoms with E-state index in [1.165, 1.54) is 0 Å². The van der Waals surface area contributed by atoms with Gasteiger partial charge in [0.05, 0.1) is 11.9 Å². The molecule has 0 spiro atoms. The molecule has 182 valence electrons. The van der Waals surface area contributed by atoms with Gasteiger partial charge in [-0.15, -0.1) is 0 Å². The topological polar surface area (TPSA) is 63.4 Å². The number of nitrogens with zero attached hydrogens (tertiary/aromatic N) is 5. The normalized spacial score (nSPS) is 17.5. The summed E-state index contributed by atoms with van der Waals surface area (Å²) in [6, 6.07) is 9.62. The van der Waals surface area contributed by atoms with E-state index < -0.39 is 0 Å². The summed E-state index contributed by atoms with van der Waals surface area (Å²) in [6.45, 7) is 8.74. The van der Waals surface area contributed by atoms with E-state index in [0.29, 0.717) is 11.3 Å². The summed E-state index contributed by atoms with van der Waals surface area (Å²) in [5.74, 6) is -0.259. The largest absolute Gasteiger partial charge is 0.375 e. The molecule has 0 radical (unpaired) electrons. The number of piperazine rings is 2. The van der Waals surface area contributed by atoms with Crippen molar-refractivity contribution in [2.24, 2.45) is 10.8 Å². The van der Waals surface area contributed by atoms with Crippen molar-refractivity contribution in [2.45, 2.75) is 6.92 Å². The fraction of sp³-hybridized carbons (Fsp3) is 0.417. The minimum absolute atomic E-state index is 0.0724. The summed E-state index contributed by atoms with van der Waals surface area (Å²) in [4.78, 5) is 9.03. The molecule has 0 aliphatic carbocycles. The lowest BCUT2D eigenvalue weighted by atomic mass is 10.1. The van der Waals surface area contributed by atoms with Gasteiger partial charge in [0.15, 0.2) is 5.11 Å². The third kappa shape index (κ3) is 5.71. The Morgan fingerprint density at radius 3 is 2.26 bits per heavy atom. The molecule has 3 N–H and O–H groups in total. The predicted molar refractivity (Wildman–Crippen MR) is 144 cm³/mol. The average Bonchev–Trinajstić information content (AvgIpc) is 2.82. The Balaban J connectivity index is 1.55. The Kier molecular flexibility index (Phi) is 7.75. The summed E-state index contributed by atoms with van der Waals surface area (Å²) in [5.41, 5.74) is 12.5. The number of anilines is 3. The van der Waals surface area contributed by atoms with Crippen molar-refractivity contribution in [1.29, 1.82) is 0 Å². The second kappa shape index (κ2) is 10.8. The van der Waals surface area contributed by atoms with Crippen LogP contribution in [0.1, 0.15) is 11.1 Å². The van der Waals surface area contributed by atoms with Crippen LogP contribution in [0.25, 0.3) is 0 Å². The van der Waals surface area contributed by atoms with Gasteiger partial charge in [-0.3, -0.25) is 5.43 Å². The molecule has 0 bridgehead atoms. The molecule has 2 fully saturated rings. The van der Waals surface area contributed by atoms with Gasteiger partial charge in [-0.1, -0.05) is 11.6 Å². The van der Waals surface area contributed by atoms with Crippen LogP contribution in [0.5, 0.6) is 0 Å². The van der Waals surface area contributed by atoms with Crippen LogP contribution >= 0.6 is 23.8 Å². The number of hydrogen-bond acceptors (Lipinski definition) is 6. The number of likely N-dealkylation sites (N-methyl/N-ethyl adjacent to an activating group) is 1. The first-order valence-electron chi connectivity index (χ1n) is 11.4. The maximum absolute atomic E-state index is 15.3. The smallest absolute Gasteiger partial charge is 0.184 e. The van der Waals surface area contributed by atoms with Crippen molar-refractivity contribution < 1.29 is 4.39 Å². The highest BCUT2D eigenvalue weighted by Gasteiger charge is 2.24. The molecule has 0 aromatic heterocycles. The minimum Gasteiger partial charge on any atom is -0.375 e. The standard InChI is InChI=1S/C24H31ClFN7S/c1-17-13-19(3-4-20(17)25)31-9-11-33(12-10-31)23-15-22(32-7-5-30(2)6-8-32)18(14-21(23)26)16-28-29-24(27)34/h3-4,13-16H,5-12H2,1-2H3,(H3,27,29,34)/b28-16+. The fourth-order valence-corrected chi connectivity index (χ4v) is 4.60. The lowest BCUT2D eigenvalue weighted by Gasteiger charge is -2.39. The molecule has 2 aliphatic heterocycles. The monoisotopic (exact) mass is 503 g/mol. The number of aryl methyl sites for hydroxylation is 1. The number of rotatable bonds is 5. The third-order valence-corrected chi connectivity index (χ3v) is 6.96. The van der Waals surface area contributed by atoms with Gasteiger partial charge in [0, 0.05) is 74.3 Å². The van der Waals surface area contributed by atoms with E-state index in [1.54, 1.807) is 12.3 Å². The Bertz CT molecular complexity index is 1060. The SMILES string of the molecule is Cc1cc(N2CCN(c3cc(N4CCN(C)CC4)c(/C=N/NC(N)=S)cc3F)CC2)ccc1Cl. The van der Waals surface area contributed by atoms with Crippen LogP contribution in [0.15, 0.2) is 35.4 Å². The molecular formula is C24H31ClFN7S. The third-order valence-electron chi connectivity index (χ3n) is 6.45. The molecule has 0 saturated carbocycles. The molecule has 34 heavy (non-hydrogen) atoms. The van der Waals surface area contributed by atoms with Crippen LogP contribution in [0, 0.1) is 12.7 Å². The molecule has 2 saturated heterocycles. The van der Waals surface area contributed by atoms with Crippen molar-refractivity contribution in [3.63, 3.8) is 0 Å². The first kappa shape index (κ1) is 24.5. The van der Waals surface area contributed by atoms with E-state index in [-0.39, 0.29) is 10.9 Å². The van der Waals surface area contributed by atoms with Crippen molar-refractivity contribution in [3.8, 4) is 0 Å². The molecular weight excluding hydrogens is 473 g/mol. The summed E-state index contributed by atoms with van der Waals surface area (Å²) in [6.07, 6.45) is 1.58. The highest BCUT2D eigenvalue weighted by molar-refractivity contribution is 7.80. The van der Waals surface area contributed by atoms with E-state index in [4.69, 9.17) is 29.6 Å². The fourth-order valence-electron chi connectivity index (χ4n) is 4.43. The Morgan fingerprint density at radius 2 is 1.62 bits per heavy atom. The molecule has 2 aromatic rings. The van der Waals surface area contributed by atoms with E-state index >= 15 is 4.39 Å². The first-order valence-corrected chi connectivity index (χ1v) is 12.2. The van der Waals surface area contributed by atoms with Crippen molar-refractivity contribution in [1.82, 2.24) is 10.3 Å². The van der Waals surface area contributed by atoms with Gasteiger partial charge in [0.25, 0.3) is 0 Å². The summed E-state index contributed by atoms with van der Waals surface area (Å²) in [7, 11) is 2.11. The number of hydrogen-bond donors (Lipinski definition) is 2. The molecule has 10 heteroatoms. The van der Waals surface area contributed by atoms with Gasteiger partial charge in [-0.05, 0) is 62.1 Å². The van der Waals surface area contributed by atoms with E-state index in [2.05, 4.69) is 43.2 Å². The van der Waals surface area contributed by atoms with Crippen LogP contribution in [-0.4, -0.2) is 75.6 Å². The van der Waals surface area contributed by atoms with Gasteiger partial charge >= 0.3 is 0 Å². The zero-order chi connectivity index (χ0) is 24.2. The molecule has 0 unspecified atom stereocenters. The summed E-state index contributed by atoms with van der Waals surface area (Å²) in [5, 5.41) is 4.92. The maximum Gasteiger partial charge on any atom is 0.184 e. The van der Waals surface area contributed by atoms with Gasteiger partial charge in [-0.2, -0.15) is 5.10 Å². The van der Waals surface area contributed by atoms with Gasteiger partial charge in [-0.25, -0.2) is 4.39 Å². The van der Waals surface area contributed by atoms with E-state index in [1.807, 2.05) is 25.1 Å². The van der Waals surface area contributed by atoms with Gasteiger partial charge in [0.1, 0.15) is 5.82 Å². The highest BCUT2D eigenvalue weighted by Crippen LogP contribution is 2.32. The Hall–Kier alpha value is -2.62. The van der Waals surface area contributed by atoms with E-state index in [9.17, 15) is 0 Å². The number of halogens is 2. The minimum atomic E-state index is -0.259. The highest BCUT2D eigenvalue weighted by atomic mass is 35.5. The Labute approximate surface area is 210 Å². The van der Waals surface area contributed by atoms with Crippen LogP contribution < -0.4 is 25.9 Å². The number of benzene rings is 2. The zero-order valence-electron chi connectivity index (χ0n) is 19.6. The number of hydrazone groups is 1. The van der Waals surface area contributed by atoms with E-state index in [0.717, 1.165) is 74.3 Å². The van der Waals surface area contributed by atoms with Crippen LogP contribution in [0.3, 0.4) is 0 Å². The average molecular weight is 504 g/mol. The molecule has 0 amide bonds. The Morgan fingerprint density at radius 1 is 1.00 bits per heavy atom. The van der Waals surface area contributed by atoms with Crippen LogP contribution in [0.4, 0.5) is 21.5 Å². The summed E-state index contributed by atoms with van der Waals surface area (Å²) < 4.78 is 15.3. The number of thiocarbonyl (C=S) groups is 1. The van der Waals surface area contributed by atoms with Gasteiger partial charge < -0.3 is 25.3 Å². The quantitative estimate of drug-likeness (QED) is 0.369. The molecule has 4 rings (SSSR count). The number of nitrogens with one attached hydrogen (secondary N) is 1. The van der Waals surface area contributed by atoms with Crippen molar-refractivity contribution in [3.05, 3.63) is 52.3 Å². The first-order chi connectivity index (χ1) is 16.3. The van der Waals surface area contributed by atoms with Crippen molar-refractivity contribution in [2.75, 3.05) is 74.1 Å². The lowest BCUT2D eigenvalue weighted by Crippen LogP contribution is -2.47. The maximum atomic E-state index is 15.3. The van der Waals surface area contributed by atoms with Gasteiger partial charge in [0.2, 0.25) is 0 Å². The predicted octanol–water partition coefficient (Wildman–Crippen LogP) is 3.03. The second-order valence-corrected chi connectivity index (χ2v) is 9.64. The zero-order valence-corrected chi connectivity index (χ0v) is 21.2. The number of nitrogens with two attached hydrogens (primary N) is 1. The molecule has 2 heterocycles. The van der Waals surface area contributed by atoms with Crippen LogP contribution in [-0.2, 0) is 0 Å². The second-order valence-electron chi connectivity index (χ2n) is 8.79. The van der Waals surface area contributed by atoms with Crippen LogP contribution in [0.2, 0.25) is 5.02 Å². The lowest BCUT2D eigenvalue weighted by molar-refractivity contribution is 0.313. The molecule has 0 atom stereocenters. The molecule has 2 aliphatic rings. The molecule has 7 nitrogen and oxygen atoms in total. The molecule has 2 aromatic carbocycles. The summed E-state index contributed by atoms with van der Waals surface area (Å²) >= 11 is 11.0. The van der Waals surface area contributed by atoms with Crippen molar-refractivity contribution >= 4 is 52.2 Å².